The first-order valence-electron chi connectivity index (χ1n) is 15.3. The van der Waals surface area contributed by atoms with Crippen LogP contribution in [0.4, 0.5) is 9.59 Å². The molecule has 3 aromatic carbocycles. The number of benzene rings is 3. The third kappa shape index (κ3) is 11.7. The van der Waals surface area contributed by atoms with Crippen molar-refractivity contribution in [2.75, 3.05) is 0 Å². The Balaban J connectivity index is 1.62. The summed E-state index contributed by atoms with van der Waals surface area (Å²) in [5.41, 5.74) is 2.69. The molecule has 0 fully saturated rings. The van der Waals surface area contributed by atoms with E-state index in [-0.39, 0.29) is 0 Å². The lowest BCUT2D eigenvalue weighted by Crippen LogP contribution is -2.43. The fourth-order valence-corrected chi connectivity index (χ4v) is 4.80. The average Bonchev–Trinajstić information content (AvgIpc) is 2.98. The SMILES string of the molecule is CCCCCCCc1ccccc1OC(=O)NC(NC(=O)Oc1ccccc1CCCCCCC)c1ccccc1. The van der Waals surface area contributed by atoms with E-state index < -0.39 is 18.4 Å². The second-order valence-corrected chi connectivity index (χ2v) is 10.5. The third-order valence-electron chi connectivity index (χ3n) is 7.11. The summed E-state index contributed by atoms with van der Waals surface area (Å²) in [7, 11) is 0. The smallest absolute Gasteiger partial charge is 0.410 e. The number of nitrogens with one attached hydrogen (secondary N) is 2. The van der Waals surface area contributed by atoms with E-state index in [1.807, 2.05) is 66.7 Å². The van der Waals surface area contributed by atoms with Gasteiger partial charge in [0.05, 0.1) is 0 Å². The van der Waals surface area contributed by atoms with Gasteiger partial charge in [-0.3, -0.25) is 10.6 Å². The van der Waals surface area contributed by atoms with Crippen LogP contribution >= 0.6 is 0 Å². The first-order valence-corrected chi connectivity index (χ1v) is 15.3. The molecule has 6 heteroatoms. The molecule has 2 N–H and O–H groups in total. The fraction of sp³-hybridized carbons (Fsp3) is 0.429. The predicted octanol–water partition coefficient (Wildman–Crippen LogP) is 9.29. The van der Waals surface area contributed by atoms with Gasteiger partial charge >= 0.3 is 12.2 Å². The maximum Gasteiger partial charge on any atom is 0.414 e. The van der Waals surface area contributed by atoms with Gasteiger partial charge < -0.3 is 9.47 Å². The van der Waals surface area contributed by atoms with Crippen molar-refractivity contribution in [2.24, 2.45) is 0 Å². The molecule has 3 aromatic rings. The summed E-state index contributed by atoms with van der Waals surface area (Å²) in [5, 5.41) is 5.61. The summed E-state index contributed by atoms with van der Waals surface area (Å²) in [6.07, 6.45) is 11.3. The van der Waals surface area contributed by atoms with E-state index in [0.717, 1.165) is 49.7 Å². The number of aryl methyl sites for hydroxylation is 2. The molecule has 0 aliphatic heterocycles. The zero-order chi connectivity index (χ0) is 29.1. The minimum Gasteiger partial charge on any atom is -0.410 e. The van der Waals surface area contributed by atoms with Crippen LogP contribution in [0.5, 0.6) is 11.5 Å². The normalized spacial score (nSPS) is 10.8. The van der Waals surface area contributed by atoms with Crippen LogP contribution in [-0.4, -0.2) is 12.2 Å². The number of hydrogen-bond donors (Lipinski definition) is 2. The van der Waals surface area contributed by atoms with Crippen molar-refractivity contribution in [3.05, 3.63) is 95.6 Å². The Labute approximate surface area is 245 Å². The lowest BCUT2D eigenvalue weighted by molar-refractivity contribution is 0.182. The van der Waals surface area contributed by atoms with Crippen molar-refractivity contribution in [3.63, 3.8) is 0 Å². The Kier molecular flexibility index (Phi) is 14.3. The van der Waals surface area contributed by atoms with Crippen LogP contribution in [0.15, 0.2) is 78.9 Å². The standard InChI is InChI=1S/C35H46N2O4/c1-3-5-7-9-12-20-28-22-16-18-26-31(28)40-34(38)36-33(30-24-14-11-15-25-30)37-35(39)41-32-27-19-17-23-29(32)21-13-10-8-6-4-2/h11,14-19,22-27,33H,3-10,12-13,20-21H2,1-2H3,(H,36,38)(H,37,39). The topological polar surface area (TPSA) is 76.7 Å². The molecule has 3 rings (SSSR count). The Bertz CT molecular complexity index is 1110. The molecule has 0 saturated heterocycles. The predicted molar refractivity (Wildman–Crippen MR) is 165 cm³/mol. The number of hydrogen-bond acceptors (Lipinski definition) is 4. The maximum atomic E-state index is 13.0. The van der Waals surface area contributed by atoms with E-state index in [0.29, 0.717) is 17.1 Å². The highest BCUT2D eigenvalue weighted by Gasteiger charge is 2.20. The Hall–Kier alpha value is -3.80. The van der Waals surface area contributed by atoms with Gasteiger partial charge in [0, 0.05) is 0 Å². The number of carbonyl (C=O) groups is 2. The molecular weight excluding hydrogens is 512 g/mol. The average molecular weight is 559 g/mol. The molecule has 0 aliphatic rings. The van der Waals surface area contributed by atoms with E-state index in [1.165, 1.54) is 38.5 Å². The molecule has 0 spiro atoms. The number of amides is 2. The quantitative estimate of drug-likeness (QED) is 0.128. The number of para-hydroxylation sites is 2. The van der Waals surface area contributed by atoms with E-state index in [9.17, 15) is 9.59 Å². The molecule has 0 radical (unpaired) electrons. The minimum absolute atomic E-state index is 0.530. The lowest BCUT2D eigenvalue weighted by Gasteiger charge is -2.21. The molecular formula is C35H46N2O4. The first-order chi connectivity index (χ1) is 20.1. The highest BCUT2D eigenvalue weighted by molar-refractivity contribution is 5.74. The Morgan fingerprint density at radius 1 is 0.561 bits per heavy atom. The van der Waals surface area contributed by atoms with Crippen LogP contribution in [0.1, 0.15) is 101 Å². The number of carbonyl (C=O) groups excluding carboxylic acids is 2. The van der Waals surface area contributed by atoms with E-state index in [1.54, 1.807) is 12.1 Å². The highest BCUT2D eigenvalue weighted by Crippen LogP contribution is 2.23. The van der Waals surface area contributed by atoms with Gasteiger partial charge in [-0.2, -0.15) is 0 Å². The molecule has 0 atom stereocenters. The zero-order valence-corrected chi connectivity index (χ0v) is 24.7. The van der Waals surface area contributed by atoms with Crippen molar-refractivity contribution < 1.29 is 19.1 Å². The third-order valence-corrected chi connectivity index (χ3v) is 7.11. The molecule has 220 valence electrons. The van der Waals surface area contributed by atoms with E-state index in [4.69, 9.17) is 9.47 Å². The second-order valence-electron chi connectivity index (χ2n) is 10.5. The van der Waals surface area contributed by atoms with Crippen LogP contribution < -0.4 is 20.1 Å². The lowest BCUT2D eigenvalue weighted by atomic mass is 10.0. The Morgan fingerprint density at radius 3 is 1.44 bits per heavy atom. The van der Waals surface area contributed by atoms with Gasteiger partial charge in [0.25, 0.3) is 0 Å². The summed E-state index contributed by atoms with van der Waals surface area (Å²) in [6, 6.07) is 24.5. The molecule has 0 bridgehead atoms. The molecule has 6 nitrogen and oxygen atoms in total. The van der Waals surface area contributed by atoms with Crippen LogP contribution in [0, 0.1) is 0 Å². The zero-order valence-electron chi connectivity index (χ0n) is 24.7. The van der Waals surface area contributed by atoms with Gasteiger partial charge in [-0.05, 0) is 54.5 Å². The molecule has 0 saturated carbocycles. The van der Waals surface area contributed by atoms with E-state index in [2.05, 4.69) is 24.5 Å². The van der Waals surface area contributed by atoms with Gasteiger partial charge in [-0.15, -0.1) is 0 Å². The summed E-state index contributed by atoms with van der Waals surface area (Å²) in [6.45, 7) is 4.41. The fourth-order valence-electron chi connectivity index (χ4n) is 4.80. The minimum atomic E-state index is -0.835. The van der Waals surface area contributed by atoms with Crippen LogP contribution in [0.2, 0.25) is 0 Å². The molecule has 0 unspecified atom stereocenters. The summed E-state index contributed by atoms with van der Waals surface area (Å²) >= 11 is 0. The summed E-state index contributed by atoms with van der Waals surface area (Å²) < 4.78 is 11.4. The van der Waals surface area contributed by atoms with Gasteiger partial charge in [-0.25, -0.2) is 9.59 Å². The number of unbranched alkanes of at least 4 members (excludes halogenated alkanes) is 8. The molecule has 41 heavy (non-hydrogen) atoms. The second kappa shape index (κ2) is 18.5. The largest absolute Gasteiger partial charge is 0.414 e. The van der Waals surface area contributed by atoms with Crippen molar-refractivity contribution in [1.29, 1.82) is 0 Å². The van der Waals surface area contributed by atoms with Crippen LogP contribution in [0.3, 0.4) is 0 Å². The van der Waals surface area contributed by atoms with Gasteiger partial charge in [-0.1, -0.05) is 132 Å². The maximum absolute atomic E-state index is 13.0. The molecule has 2 amide bonds. The number of ether oxygens (including phenoxy) is 2. The van der Waals surface area contributed by atoms with Gasteiger partial charge in [0.2, 0.25) is 0 Å². The molecule has 0 aromatic heterocycles. The molecule has 0 aliphatic carbocycles. The van der Waals surface area contributed by atoms with E-state index >= 15 is 0 Å². The van der Waals surface area contributed by atoms with Crippen molar-refractivity contribution in [1.82, 2.24) is 10.6 Å². The Morgan fingerprint density at radius 2 is 0.976 bits per heavy atom. The van der Waals surface area contributed by atoms with Gasteiger partial charge in [0.15, 0.2) is 0 Å². The van der Waals surface area contributed by atoms with Gasteiger partial charge in [0.1, 0.15) is 17.7 Å². The summed E-state index contributed by atoms with van der Waals surface area (Å²) in [5.74, 6) is 1.06. The first kappa shape index (κ1) is 31.7. The number of rotatable bonds is 17. The van der Waals surface area contributed by atoms with Crippen LogP contribution in [-0.2, 0) is 12.8 Å². The van der Waals surface area contributed by atoms with Crippen molar-refractivity contribution in [3.8, 4) is 11.5 Å². The van der Waals surface area contributed by atoms with Crippen LogP contribution in [0.25, 0.3) is 0 Å². The summed E-state index contributed by atoms with van der Waals surface area (Å²) in [4.78, 5) is 26.1. The molecule has 0 heterocycles. The van der Waals surface area contributed by atoms with Crippen molar-refractivity contribution in [2.45, 2.75) is 97.1 Å². The highest BCUT2D eigenvalue weighted by atomic mass is 16.6. The monoisotopic (exact) mass is 558 g/mol. The van der Waals surface area contributed by atoms with Crippen molar-refractivity contribution >= 4 is 12.2 Å².